The normalized spacial score (nSPS) is 12.9. The lowest BCUT2D eigenvalue weighted by molar-refractivity contribution is 0.0626. The molecule has 2 aliphatic rings. The van der Waals surface area contributed by atoms with Gasteiger partial charge in [-0.05, 0) is 24.3 Å². The second-order valence-electron chi connectivity index (χ2n) is 12.4. The van der Waals surface area contributed by atoms with Crippen LogP contribution in [0.4, 0.5) is 0 Å². The second-order valence-corrected chi connectivity index (χ2v) is 13.0. The molecule has 5 aromatic rings. The number of carbonyl (C=O) groups excluding carboxylic acids is 4. The van der Waals surface area contributed by atoms with E-state index >= 15 is 0 Å². The van der Waals surface area contributed by atoms with Crippen molar-refractivity contribution in [3.8, 4) is 0 Å². The monoisotopic (exact) mass is 816 g/mol. The van der Waals surface area contributed by atoms with E-state index in [9.17, 15) is 47.9 Å². The average Bonchev–Trinajstić information content (AvgIpc) is 3.57. The van der Waals surface area contributed by atoms with Crippen LogP contribution in [0, 0.1) is 0 Å². The highest BCUT2D eigenvalue weighted by molar-refractivity contribution is 9.08. The summed E-state index contributed by atoms with van der Waals surface area (Å²) in [5, 5.41) is 0.466. The summed E-state index contributed by atoms with van der Waals surface area (Å²) in [6, 6.07) is 13.0. The molecule has 0 atom stereocenters. The summed E-state index contributed by atoms with van der Waals surface area (Å²) in [6.45, 7) is -0.330. The maximum atomic E-state index is 12.3. The minimum atomic E-state index is -0.550. The first kappa shape index (κ1) is 39.4. The van der Waals surface area contributed by atoms with Gasteiger partial charge in [0.05, 0.1) is 46.5 Å². The Morgan fingerprint density at radius 2 is 0.836 bits per heavy atom. The third-order valence-corrected chi connectivity index (χ3v) is 9.45. The zero-order valence-corrected chi connectivity index (χ0v) is 31.6. The number of imide groups is 2. The molecule has 0 radical (unpaired) electrons. The van der Waals surface area contributed by atoms with Crippen LogP contribution >= 0.6 is 15.9 Å². The molecular formula is C36H33BrN8O10. The molecule has 3 aromatic heterocycles. The zero-order valence-electron chi connectivity index (χ0n) is 30.1. The molecule has 4 amide bonds. The Kier molecular flexibility index (Phi) is 11.3. The molecule has 0 saturated carbocycles. The van der Waals surface area contributed by atoms with Crippen LogP contribution in [0.5, 0.6) is 0 Å². The molecule has 19 heteroatoms. The molecule has 0 saturated heterocycles. The Labute approximate surface area is 317 Å². The van der Waals surface area contributed by atoms with Gasteiger partial charge in [0, 0.05) is 64.7 Å². The van der Waals surface area contributed by atoms with Crippen molar-refractivity contribution in [3.63, 3.8) is 0 Å². The van der Waals surface area contributed by atoms with Gasteiger partial charge in [-0.3, -0.25) is 57.1 Å². The number of hydrogen-bond acceptors (Lipinski definition) is 10. The van der Waals surface area contributed by atoms with Gasteiger partial charge in [-0.1, -0.05) is 40.2 Å². The number of alkyl halides is 1. The topological polar surface area (TPSA) is 218 Å². The molecule has 0 spiro atoms. The van der Waals surface area contributed by atoms with Crippen LogP contribution in [-0.4, -0.2) is 61.2 Å². The summed E-state index contributed by atoms with van der Waals surface area (Å²) in [6.07, 6.45) is 4.13. The number of aromatic amines is 1. The van der Waals surface area contributed by atoms with Gasteiger partial charge in [0.25, 0.3) is 40.3 Å². The molecule has 2 aromatic carbocycles. The van der Waals surface area contributed by atoms with Gasteiger partial charge in [-0.2, -0.15) is 0 Å². The lowest BCUT2D eigenvalue weighted by atomic mass is 10.1. The summed E-state index contributed by atoms with van der Waals surface area (Å²) < 4.78 is 5.57. The minimum Gasteiger partial charge on any atom is -0.314 e. The first-order chi connectivity index (χ1) is 26.0. The van der Waals surface area contributed by atoms with E-state index in [4.69, 9.17) is 0 Å². The Morgan fingerprint density at radius 3 is 1.24 bits per heavy atom. The number of nitrogens with one attached hydrogen (secondary N) is 1. The number of rotatable bonds is 5. The zero-order chi connectivity index (χ0) is 40.5. The smallest absolute Gasteiger partial charge is 0.314 e. The van der Waals surface area contributed by atoms with Crippen LogP contribution < -0.4 is 33.7 Å². The first-order valence-corrected chi connectivity index (χ1v) is 17.4. The number of carbonyl (C=O) groups is 4. The van der Waals surface area contributed by atoms with E-state index in [1.165, 1.54) is 49.7 Å². The molecular weight excluding hydrogens is 784 g/mol. The number of amides is 4. The molecule has 0 unspecified atom stereocenters. The van der Waals surface area contributed by atoms with E-state index in [0.717, 1.165) is 23.5 Å². The van der Waals surface area contributed by atoms with Crippen LogP contribution in [0.3, 0.4) is 0 Å². The summed E-state index contributed by atoms with van der Waals surface area (Å²) in [7, 11) is 7.28. The third kappa shape index (κ3) is 7.41. The fraction of sp³-hybridized carbons (Fsp3) is 0.222. The highest BCUT2D eigenvalue weighted by Crippen LogP contribution is 2.24. The van der Waals surface area contributed by atoms with Crippen molar-refractivity contribution < 1.29 is 19.2 Å². The Bertz CT molecular complexity index is 2720. The Morgan fingerprint density at radius 1 is 0.491 bits per heavy atom. The van der Waals surface area contributed by atoms with Crippen molar-refractivity contribution in [1.82, 2.24) is 37.6 Å². The van der Waals surface area contributed by atoms with Crippen LogP contribution in [0.2, 0.25) is 0 Å². The van der Waals surface area contributed by atoms with Crippen molar-refractivity contribution in [3.05, 3.63) is 169 Å². The Hall–Kier alpha value is -6.76. The van der Waals surface area contributed by atoms with Crippen molar-refractivity contribution in [2.75, 3.05) is 0 Å². The van der Waals surface area contributed by atoms with Crippen LogP contribution in [0.25, 0.3) is 0 Å². The van der Waals surface area contributed by atoms with Gasteiger partial charge in [0.2, 0.25) is 0 Å². The minimum absolute atomic E-state index is 0.160. The average molecular weight is 818 g/mol. The standard InChI is InChI=1S/C15H13N3O4.C14H11N3O4.C7H9BrN2O2/c1-16-7-9(12(19)17(2)15(16)22)8-18-13(20)10-5-3-4-6-11(10)14(18)21;1-16-11(18)8(6-15-14(16)21)7-17-12(19)9-4-2-3-5-10(9)13(17)20;1-9-4-5(3-8)6(11)10(2)7(9)12/h3-7H,8H2,1-2H3;2-6H,7H2,1H3,(H,15,21);4H,3H2,1-2H3. The van der Waals surface area contributed by atoms with Crippen molar-refractivity contribution in [2.24, 2.45) is 35.2 Å². The second kappa shape index (κ2) is 15.7. The number of benzene rings is 2. The van der Waals surface area contributed by atoms with Crippen molar-refractivity contribution >= 4 is 39.6 Å². The highest BCUT2D eigenvalue weighted by Gasteiger charge is 2.36. The van der Waals surface area contributed by atoms with E-state index in [2.05, 4.69) is 20.9 Å². The number of hydrogen-bond donors (Lipinski definition) is 1. The maximum absolute atomic E-state index is 12.3. The van der Waals surface area contributed by atoms with Crippen LogP contribution in [0.1, 0.15) is 58.1 Å². The van der Waals surface area contributed by atoms with Gasteiger partial charge in [0.1, 0.15) is 0 Å². The van der Waals surface area contributed by atoms with Crippen molar-refractivity contribution in [1.29, 1.82) is 0 Å². The van der Waals surface area contributed by atoms with Gasteiger partial charge in [0.15, 0.2) is 0 Å². The lowest BCUT2D eigenvalue weighted by Gasteiger charge is -2.14. The van der Waals surface area contributed by atoms with Gasteiger partial charge in [-0.25, -0.2) is 14.4 Å². The van der Waals surface area contributed by atoms with Gasteiger partial charge >= 0.3 is 17.1 Å². The molecule has 1 N–H and O–H groups in total. The van der Waals surface area contributed by atoms with E-state index in [-0.39, 0.29) is 35.5 Å². The Balaban J connectivity index is 0.000000165. The fourth-order valence-electron chi connectivity index (χ4n) is 5.80. The summed E-state index contributed by atoms with van der Waals surface area (Å²) in [5.74, 6) is -1.75. The predicted octanol–water partition coefficient (Wildman–Crippen LogP) is -0.271. The van der Waals surface area contributed by atoms with E-state index in [0.29, 0.717) is 33.1 Å². The maximum Gasteiger partial charge on any atom is 0.330 e. The number of aromatic nitrogens is 6. The highest BCUT2D eigenvalue weighted by atomic mass is 79.9. The lowest BCUT2D eigenvalue weighted by Crippen LogP contribution is -2.41. The molecule has 55 heavy (non-hydrogen) atoms. The molecule has 7 rings (SSSR count). The van der Waals surface area contributed by atoms with E-state index < -0.39 is 46.1 Å². The van der Waals surface area contributed by atoms with Gasteiger partial charge in [-0.15, -0.1) is 0 Å². The number of aryl methyl sites for hydroxylation is 2. The van der Waals surface area contributed by atoms with Crippen molar-refractivity contribution in [2.45, 2.75) is 18.4 Å². The van der Waals surface area contributed by atoms with Gasteiger partial charge < -0.3 is 14.1 Å². The first-order valence-electron chi connectivity index (χ1n) is 16.2. The summed E-state index contributed by atoms with van der Waals surface area (Å²) in [5.41, 5.74) is -0.335. The number of fused-ring (bicyclic) bond motifs is 2. The number of nitrogens with zero attached hydrogens (tertiary/aromatic N) is 7. The number of halogens is 1. The number of H-pyrrole nitrogens is 1. The summed E-state index contributed by atoms with van der Waals surface area (Å²) >= 11 is 3.17. The molecule has 0 fully saturated rings. The van der Waals surface area contributed by atoms with E-state index in [1.54, 1.807) is 61.8 Å². The van der Waals surface area contributed by atoms with Crippen LogP contribution in [-0.2, 0) is 53.7 Å². The van der Waals surface area contributed by atoms with E-state index in [1.807, 2.05) is 0 Å². The fourth-order valence-corrected chi connectivity index (χ4v) is 6.19. The summed E-state index contributed by atoms with van der Waals surface area (Å²) in [4.78, 5) is 123. The largest absolute Gasteiger partial charge is 0.330 e. The molecule has 18 nitrogen and oxygen atoms in total. The quantitative estimate of drug-likeness (QED) is 0.181. The molecule has 284 valence electrons. The SMILES string of the molecule is Cn1c(=O)[nH]cc(CN2C(=O)c3ccccc3C2=O)c1=O.Cn1cc(CBr)c(=O)n(C)c1=O.Cn1cc(CN2C(=O)c3ccccc3C2=O)c(=O)n(C)c1=O. The van der Waals surface area contributed by atoms with Crippen LogP contribution in [0.15, 0.2) is 95.9 Å². The molecule has 5 heterocycles. The third-order valence-electron chi connectivity index (χ3n) is 8.85. The molecule has 2 aliphatic heterocycles. The molecule has 0 bridgehead atoms. The molecule has 0 aliphatic carbocycles. The predicted molar refractivity (Wildman–Crippen MR) is 200 cm³/mol.